The second-order valence-electron chi connectivity index (χ2n) is 4.63. The lowest BCUT2D eigenvalue weighted by atomic mass is 9.93. The lowest BCUT2D eigenvalue weighted by Gasteiger charge is -2.37. The van der Waals surface area contributed by atoms with Crippen LogP contribution in [0.2, 0.25) is 0 Å². The zero-order chi connectivity index (χ0) is 17.4. The zero-order valence-corrected chi connectivity index (χ0v) is 14.3. The van der Waals surface area contributed by atoms with Gasteiger partial charge in [-0.2, -0.15) is 0 Å². The van der Waals surface area contributed by atoms with Crippen LogP contribution in [0.5, 0.6) is 0 Å². The van der Waals surface area contributed by atoms with Gasteiger partial charge >= 0.3 is 0 Å². The first kappa shape index (κ1) is 23.6. The van der Waals surface area contributed by atoms with Crippen LogP contribution in [-0.4, -0.2) is 55.2 Å². The molecule has 1 aliphatic heterocycles. The Hall–Kier alpha value is -0.680. The SMILES string of the molecule is C#C.CC.CC[C@H]1CC(C)C(O)C(OCCOCCNO)O1. The molecule has 1 aliphatic rings. The van der Waals surface area contributed by atoms with Crippen LogP contribution >= 0.6 is 0 Å². The number of aliphatic hydroxyl groups excluding tert-OH is 1. The Kier molecular flexibility index (Phi) is 17.9. The van der Waals surface area contributed by atoms with Crippen molar-refractivity contribution < 1.29 is 24.5 Å². The van der Waals surface area contributed by atoms with Gasteiger partial charge in [0.15, 0.2) is 6.29 Å². The summed E-state index contributed by atoms with van der Waals surface area (Å²) in [6.07, 6.45) is 8.82. The lowest BCUT2D eigenvalue weighted by molar-refractivity contribution is -0.257. The summed E-state index contributed by atoms with van der Waals surface area (Å²) in [7, 11) is 0. The molecule has 0 aromatic rings. The summed E-state index contributed by atoms with van der Waals surface area (Å²) in [5, 5.41) is 18.3. The summed E-state index contributed by atoms with van der Waals surface area (Å²) < 4.78 is 16.4. The highest BCUT2D eigenvalue weighted by Gasteiger charge is 2.34. The van der Waals surface area contributed by atoms with Gasteiger partial charge in [-0.1, -0.05) is 27.7 Å². The Morgan fingerprint density at radius 3 is 2.41 bits per heavy atom. The van der Waals surface area contributed by atoms with Gasteiger partial charge in [-0.05, 0) is 18.8 Å². The summed E-state index contributed by atoms with van der Waals surface area (Å²) >= 11 is 0. The third-order valence-corrected chi connectivity index (χ3v) is 3.15. The fourth-order valence-electron chi connectivity index (χ4n) is 1.99. The van der Waals surface area contributed by atoms with Crippen molar-refractivity contribution in [3.05, 3.63) is 0 Å². The van der Waals surface area contributed by atoms with Gasteiger partial charge < -0.3 is 24.5 Å². The average molecular weight is 319 g/mol. The van der Waals surface area contributed by atoms with E-state index < -0.39 is 12.4 Å². The third kappa shape index (κ3) is 10.1. The van der Waals surface area contributed by atoms with E-state index in [9.17, 15) is 5.11 Å². The Morgan fingerprint density at radius 2 is 1.86 bits per heavy atom. The second-order valence-corrected chi connectivity index (χ2v) is 4.63. The van der Waals surface area contributed by atoms with Crippen molar-refractivity contribution >= 4 is 0 Å². The Bertz CT molecular complexity index is 250. The maximum absolute atomic E-state index is 9.96. The molecule has 0 amide bonds. The van der Waals surface area contributed by atoms with Crippen LogP contribution in [0.15, 0.2) is 0 Å². The molecule has 0 bridgehead atoms. The lowest BCUT2D eigenvalue weighted by Crippen LogP contribution is -2.45. The van der Waals surface area contributed by atoms with E-state index in [0.29, 0.717) is 26.4 Å². The highest BCUT2D eigenvalue weighted by atomic mass is 16.7. The maximum atomic E-state index is 9.96. The first-order chi connectivity index (χ1) is 10.7. The molecule has 0 aromatic carbocycles. The van der Waals surface area contributed by atoms with E-state index in [2.05, 4.69) is 19.8 Å². The smallest absolute Gasteiger partial charge is 0.184 e. The van der Waals surface area contributed by atoms with Crippen LogP contribution in [0, 0.1) is 18.8 Å². The summed E-state index contributed by atoms with van der Waals surface area (Å²) in [6.45, 7) is 9.67. The minimum absolute atomic E-state index is 0.160. The molecule has 1 heterocycles. The fraction of sp³-hybridized carbons (Fsp3) is 0.875. The van der Waals surface area contributed by atoms with Gasteiger partial charge in [-0.3, -0.25) is 0 Å². The van der Waals surface area contributed by atoms with E-state index in [1.54, 1.807) is 0 Å². The van der Waals surface area contributed by atoms with Crippen LogP contribution in [-0.2, 0) is 14.2 Å². The van der Waals surface area contributed by atoms with E-state index in [-0.39, 0.29) is 12.0 Å². The summed E-state index contributed by atoms with van der Waals surface area (Å²) in [6, 6.07) is 0. The number of hydrogen-bond acceptors (Lipinski definition) is 6. The van der Waals surface area contributed by atoms with Crippen molar-refractivity contribution in [2.24, 2.45) is 5.92 Å². The predicted molar refractivity (Wildman–Crippen MR) is 86.5 cm³/mol. The molecular formula is C16H33NO5. The topological polar surface area (TPSA) is 80.2 Å². The van der Waals surface area contributed by atoms with E-state index in [1.165, 1.54) is 0 Å². The first-order valence-corrected chi connectivity index (χ1v) is 7.92. The van der Waals surface area contributed by atoms with Crippen molar-refractivity contribution in [3.63, 3.8) is 0 Å². The number of ether oxygens (including phenoxy) is 3. The van der Waals surface area contributed by atoms with Crippen molar-refractivity contribution in [2.75, 3.05) is 26.4 Å². The van der Waals surface area contributed by atoms with Gasteiger partial charge in [0.2, 0.25) is 0 Å². The zero-order valence-electron chi connectivity index (χ0n) is 14.3. The minimum atomic E-state index is -0.577. The molecule has 6 nitrogen and oxygen atoms in total. The van der Waals surface area contributed by atoms with Gasteiger partial charge in [0.25, 0.3) is 0 Å². The Balaban J connectivity index is 0. The van der Waals surface area contributed by atoms with Crippen molar-refractivity contribution in [1.82, 2.24) is 5.48 Å². The van der Waals surface area contributed by atoms with Crippen LogP contribution < -0.4 is 5.48 Å². The van der Waals surface area contributed by atoms with Crippen LogP contribution in [0.1, 0.15) is 40.5 Å². The molecule has 3 unspecified atom stereocenters. The van der Waals surface area contributed by atoms with Gasteiger partial charge in [-0.15, -0.1) is 12.8 Å². The molecule has 0 saturated carbocycles. The molecule has 1 fully saturated rings. The second kappa shape index (κ2) is 16.7. The molecule has 0 spiro atoms. The normalized spacial score (nSPS) is 27.1. The van der Waals surface area contributed by atoms with E-state index in [1.807, 2.05) is 26.3 Å². The van der Waals surface area contributed by atoms with Crippen molar-refractivity contribution in [2.45, 2.75) is 59.0 Å². The molecule has 1 rings (SSSR count). The van der Waals surface area contributed by atoms with Crippen LogP contribution in [0.4, 0.5) is 0 Å². The Labute approximate surface area is 135 Å². The molecule has 132 valence electrons. The van der Waals surface area contributed by atoms with Crippen molar-refractivity contribution in [3.8, 4) is 12.8 Å². The number of hydrogen-bond donors (Lipinski definition) is 3. The predicted octanol–water partition coefficient (Wildman–Crippen LogP) is 1.80. The molecule has 22 heavy (non-hydrogen) atoms. The number of nitrogens with one attached hydrogen (secondary N) is 1. The van der Waals surface area contributed by atoms with Crippen molar-refractivity contribution in [1.29, 1.82) is 0 Å². The number of aliphatic hydroxyl groups is 1. The number of hydroxylamine groups is 1. The van der Waals surface area contributed by atoms with E-state index in [0.717, 1.165) is 12.8 Å². The third-order valence-electron chi connectivity index (χ3n) is 3.15. The van der Waals surface area contributed by atoms with E-state index in [4.69, 9.17) is 19.4 Å². The van der Waals surface area contributed by atoms with Gasteiger partial charge in [-0.25, -0.2) is 5.48 Å². The molecule has 0 aliphatic carbocycles. The average Bonchev–Trinajstić information content (AvgIpc) is 2.58. The summed E-state index contributed by atoms with van der Waals surface area (Å²) in [5.74, 6) is 0.188. The molecule has 0 aromatic heterocycles. The van der Waals surface area contributed by atoms with E-state index >= 15 is 0 Å². The van der Waals surface area contributed by atoms with Gasteiger partial charge in [0.05, 0.1) is 25.9 Å². The number of terminal acetylenes is 1. The highest BCUT2D eigenvalue weighted by Crippen LogP contribution is 2.27. The van der Waals surface area contributed by atoms with Gasteiger partial charge in [0, 0.05) is 6.54 Å². The summed E-state index contributed by atoms with van der Waals surface area (Å²) in [4.78, 5) is 0. The summed E-state index contributed by atoms with van der Waals surface area (Å²) in [5.41, 5.74) is 2.00. The molecular weight excluding hydrogens is 286 g/mol. The largest absolute Gasteiger partial charge is 0.388 e. The van der Waals surface area contributed by atoms with Crippen LogP contribution in [0.25, 0.3) is 0 Å². The molecule has 0 radical (unpaired) electrons. The highest BCUT2D eigenvalue weighted by molar-refractivity contribution is 4.78. The molecule has 3 N–H and O–H groups in total. The fourth-order valence-corrected chi connectivity index (χ4v) is 1.99. The minimum Gasteiger partial charge on any atom is -0.388 e. The quantitative estimate of drug-likeness (QED) is 0.360. The standard InChI is InChI=1S/C12H25NO5.C2H6.C2H2/c1-3-10-8-9(2)11(14)12(18-10)17-7-6-16-5-4-13-15;2*1-2/h9-15H,3-8H2,1-2H3;1-2H3;1-2H/t9?,10-,11?,12?;;/m0../s1. The van der Waals surface area contributed by atoms with Crippen LogP contribution in [0.3, 0.4) is 0 Å². The molecule has 6 heteroatoms. The maximum Gasteiger partial charge on any atom is 0.184 e. The number of rotatable bonds is 8. The first-order valence-electron chi connectivity index (χ1n) is 7.92. The molecule has 1 saturated heterocycles. The van der Waals surface area contributed by atoms with Gasteiger partial charge in [0.1, 0.15) is 6.10 Å². The Morgan fingerprint density at radius 1 is 1.23 bits per heavy atom. The molecule has 4 atom stereocenters. The monoisotopic (exact) mass is 319 g/mol.